The number of hydrogen-bond donors (Lipinski definition) is 2. The van der Waals surface area contributed by atoms with Crippen LogP contribution in [0.4, 0.5) is 4.39 Å². The molecule has 1 aliphatic heterocycles. The maximum absolute atomic E-state index is 13.1. The van der Waals surface area contributed by atoms with Crippen LogP contribution < -0.4 is 10.6 Å². The van der Waals surface area contributed by atoms with Crippen LogP contribution in [0, 0.1) is 5.82 Å². The third-order valence-electron chi connectivity index (χ3n) is 4.27. The summed E-state index contributed by atoms with van der Waals surface area (Å²) in [5.74, 6) is -0.315. The summed E-state index contributed by atoms with van der Waals surface area (Å²) in [6, 6.07) is 6.03. The zero-order valence-corrected chi connectivity index (χ0v) is 13.3. The summed E-state index contributed by atoms with van der Waals surface area (Å²) in [6.45, 7) is 4.97. The number of benzene rings is 1. The maximum Gasteiger partial charge on any atom is 0.241 e. The Balaban J connectivity index is 1.57. The van der Waals surface area contributed by atoms with Gasteiger partial charge in [0.25, 0.3) is 0 Å². The number of morpholine rings is 1. The second-order valence-electron chi connectivity index (χ2n) is 6.18. The Morgan fingerprint density at radius 1 is 1.26 bits per heavy atom. The molecular formula is C17H24FN3O2. The summed E-state index contributed by atoms with van der Waals surface area (Å²) in [6.07, 6.45) is 2.10. The maximum atomic E-state index is 13.1. The minimum absolute atomic E-state index is 0.0268. The fourth-order valence-corrected chi connectivity index (χ4v) is 2.72. The average Bonchev–Trinajstić information content (AvgIpc) is 3.37. The topological polar surface area (TPSA) is 53.6 Å². The van der Waals surface area contributed by atoms with Crippen molar-refractivity contribution in [2.24, 2.45) is 0 Å². The second-order valence-corrected chi connectivity index (χ2v) is 6.18. The highest BCUT2D eigenvalue weighted by Gasteiger charge is 2.28. The van der Waals surface area contributed by atoms with E-state index in [0.29, 0.717) is 12.6 Å². The van der Waals surface area contributed by atoms with E-state index in [4.69, 9.17) is 4.74 Å². The molecule has 1 saturated heterocycles. The molecule has 0 spiro atoms. The van der Waals surface area contributed by atoms with Crippen molar-refractivity contribution in [3.63, 3.8) is 0 Å². The summed E-state index contributed by atoms with van der Waals surface area (Å²) >= 11 is 0. The van der Waals surface area contributed by atoms with Crippen LogP contribution >= 0.6 is 0 Å². The Morgan fingerprint density at radius 2 is 1.96 bits per heavy atom. The van der Waals surface area contributed by atoms with Gasteiger partial charge in [-0.25, -0.2) is 4.39 Å². The Bertz CT molecular complexity index is 513. The van der Waals surface area contributed by atoms with Gasteiger partial charge < -0.3 is 15.4 Å². The van der Waals surface area contributed by atoms with Crippen LogP contribution in [0.25, 0.3) is 0 Å². The van der Waals surface area contributed by atoms with Crippen molar-refractivity contribution >= 4 is 5.91 Å². The van der Waals surface area contributed by atoms with E-state index < -0.39 is 6.04 Å². The quantitative estimate of drug-likeness (QED) is 0.789. The van der Waals surface area contributed by atoms with Gasteiger partial charge >= 0.3 is 0 Å². The standard InChI is InChI=1S/C17H24FN3O2/c18-14-3-1-13(2-4-14)16(17(22)20-15-5-6-15)19-7-8-21-9-11-23-12-10-21/h1-4,15-16,19H,5-12H2,(H,20,22). The van der Waals surface area contributed by atoms with Gasteiger partial charge in [-0.3, -0.25) is 9.69 Å². The molecule has 6 heteroatoms. The van der Waals surface area contributed by atoms with Crippen molar-refractivity contribution in [2.75, 3.05) is 39.4 Å². The molecule has 1 aromatic carbocycles. The molecule has 3 rings (SSSR count). The summed E-state index contributed by atoms with van der Waals surface area (Å²) in [7, 11) is 0. The second kappa shape index (κ2) is 7.86. The monoisotopic (exact) mass is 321 g/mol. The molecular weight excluding hydrogens is 297 g/mol. The normalized spacial score (nSPS) is 20.2. The van der Waals surface area contributed by atoms with E-state index >= 15 is 0 Å². The predicted molar refractivity (Wildman–Crippen MR) is 85.6 cm³/mol. The Hall–Kier alpha value is -1.50. The number of halogens is 1. The number of amides is 1. The molecule has 0 aromatic heterocycles. The van der Waals surface area contributed by atoms with Gasteiger partial charge in [0.05, 0.1) is 13.2 Å². The third-order valence-corrected chi connectivity index (χ3v) is 4.27. The lowest BCUT2D eigenvalue weighted by Crippen LogP contribution is -2.44. The van der Waals surface area contributed by atoms with E-state index in [0.717, 1.165) is 51.3 Å². The molecule has 126 valence electrons. The Morgan fingerprint density at radius 3 is 2.61 bits per heavy atom. The molecule has 1 amide bonds. The molecule has 0 radical (unpaired) electrons. The van der Waals surface area contributed by atoms with E-state index in [1.54, 1.807) is 12.1 Å². The van der Waals surface area contributed by atoms with Crippen LogP contribution in [-0.4, -0.2) is 56.2 Å². The Kier molecular flexibility index (Phi) is 5.59. The molecule has 2 fully saturated rings. The number of carbonyl (C=O) groups excluding carboxylic acids is 1. The molecule has 2 N–H and O–H groups in total. The fraction of sp³-hybridized carbons (Fsp3) is 0.588. The minimum atomic E-state index is -0.433. The molecule has 1 heterocycles. The lowest BCUT2D eigenvalue weighted by Gasteiger charge is -2.27. The lowest BCUT2D eigenvalue weighted by atomic mass is 10.1. The van der Waals surface area contributed by atoms with Crippen molar-refractivity contribution in [1.29, 1.82) is 0 Å². The van der Waals surface area contributed by atoms with E-state index in [9.17, 15) is 9.18 Å². The van der Waals surface area contributed by atoms with E-state index in [1.807, 2.05) is 0 Å². The summed E-state index contributed by atoms with van der Waals surface area (Å²) in [5, 5.41) is 6.35. The number of ether oxygens (including phenoxy) is 1. The van der Waals surface area contributed by atoms with Crippen LogP contribution in [0.1, 0.15) is 24.4 Å². The lowest BCUT2D eigenvalue weighted by molar-refractivity contribution is -0.123. The van der Waals surface area contributed by atoms with Gasteiger partial charge in [-0.15, -0.1) is 0 Å². The smallest absolute Gasteiger partial charge is 0.241 e. The van der Waals surface area contributed by atoms with Gasteiger partial charge in [-0.2, -0.15) is 0 Å². The van der Waals surface area contributed by atoms with Gasteiger partial charge in [0.15, 0.2) is 0 Å². The molecule has 23 heavy (non-hydrogen) atoms. The van der Waals surface area contributed by atoms with E-state index in [-0.39, 0.29) is 11.7 Å². The highest BCUT2D eigenvalue weighted by Crippen LogP contribution is 2.21. The first-order valence-corrected chi connectivity index (χ1v) is 8.32. The van der Waals surface area contributed by atoms with Crippen LogP contribution in [0.15, 0.2) is 24.3 Å². The summed E-state index contributed by atoms with van der Waals surface area (Å²) in [4.78, 5) is 14.8. The van der Waals surface area contributed by atoms with Crippen molar-refractivity contribution in [3.05, 3.63) is 35.6 Å². The van der Waals surface area contributed by atoms with Crippen molar-refractivity contribution in [3.8, 4) is 0 Å². The average molecular weight is 321 g/mol. The molecule has 1 saturated carbocycles. The van der Waals surface area contributed by atoms with Gasteiger partial charge in [0, 0.05) is 32.2 Å². The summed E-state index contributed by atoms with van der Waals surface area (Å²) < 4.78 is 18.5. The molecule has 2 aliphatic rings. The summed E-state index contributed by atoms with van der Waals surface area (Å²) in [5.41, 5.74) is 0.798. The van der Waals surface area contributed by atoms with Gasteiger partial charge in [0.2, 0.25) is 5.91 Å². The highest BCUT2D eigenvalue weighted by molar-refractivity contribution is 5.83. The molecule has 0 bridgehead atoms. The van der Waals surface area contributed by atoms with Gasteiger partial charge in [0.1, 0.15) is 11.9 Å². The molecule has 5 nitrogen and oxygen atoms in total. The van der Waals surface area contributed by atoms with Crippen LogP contribution in [-0.2, 0) is 9.53 Å². The number of rotatable bonds is 7. The first-order valence-electron chi connectivity index (χ1n) is 8.32. The minimum Gasteiger partial charge on any atom is -0.379 e. The molecule has 1 unspecified atom stereocenters. The van der Waals surface area contributed by atoms with Gasteiger partial charge in [-0.05, 0) is 30.5 Å². The zero-order valence-electron chi connectivity index (χ0n) is 13.3. The van der Waals surface area contributed by atoms with Crippen molar-refractivity contribution in [2.45, 2.75) is 24.9 Å². The molecule has 1 atom stereocenters. The largest absolute Gasteiger partial charge is 0.379 e. The van der Waals surface area contributed by atoms with Crippen LogP contribution in [0.3, 0.4) is 0 Å². The Labute approximate surface area is 136 Å². The first-order chi connectivity index (χ1) is 11.2. The third kappa shape index (κ3) is 4.99. The fourth-order valence-electron chi connectivity index (χ4n) is 2.72. The SMILES string of the molecule is O=C(NC1CC1)C(NCCN1CCOCC1)c1ccc(F)cc1. The van der Waals surface area contributed by atoms with Crippen LogP contribution in [0.2, 0.25) is 0 Å². The predicted octanol–water partition coefficient (Wildman–Crippen LogP) is 1.07. The van der Waals surface area contributed by atoms with E-state index in [2.05, 4.69) is 15.5 Å². The number of carbonyl (C=O) groups is 1. The number of hydrogen-bond acceptors (Lipinski definition) is 4. The van der Waals surface area contributed by atoms with E-state index in [1.165, 1.54) is 12.1 Å². The van der Waals surface area contributed by atoms with Crippen molar-refractivity contribution < 1.29 is 13.9 Å². The number of nitrogens with one attached hydrogen (secondary N) is 2. The molecule has 1 aromatic rings. The van der Waals surface area contributed by atoms with Crippen LogP contribution in [0.5, 0.6) is 0 Å². The molecule has 1 aliphatic carbocycles. The van der Waals surface area contributed by atoms with Gasteiger partial charge in [-0.1, -0.05) is 12.1 Å². The van der Waals surface area contributed by atoms with Crippen molar-refractivity contribution in [1.82, 2.24) is 15.5 Å². The first kappa shape index (κ1) is 16.4. The highest BCUT2D eigenvalue weighted by atomic mass is 19.1. The zero-order chi connectivity index (χ0) is 16.1. The number of nitrogens with zero attached hydrogens (tertiary/aromatic N) is 1.